The fourth-order valence-electron chi connectivity index (χ4n) is 2.37. The van der Waals surface area contributed by atoms with Crippen LogP contribution in [0.15, 0.2) is 0 Å². The number of carbonyl (C=O) groups excluding carboxylic acids is 1. The molecule has 1 atom stereocenters. The van der Waals surface area contributed by atoms with Crippen molar-refractivity contribution in [2.24, 2.45) is 0 Å². The smallest absolute Gasteiger partial charge is 0.325 e. The molecule has 1 aliphatic rings. The molecule has 112 valence electrons. The average molecular weight is 273 g/mol. The highest BCUT2D eigenvalue weighted by molar-refractivity contribution is 5.68. The first kappa shape index (κ1) is 16.4. The lowest BCUT2D eigenvalue weighted by Gasteiger charge is -2.28. The van der Waals surface area contributed by atoms with E-state index < -0.39 is 6.30 Å². The van der Waals surface area contributed by atoms with Crippen molar-refractivity contribution in [2.75, 3.05) is 6.54 Å². The normalized spacial score (nSPS) is 20.4. The minimum Gasteiger partial charge on any atom is -0.365 e. The number of hydrogen-bond acceptors (Lipinski definition) is 3. The number of unbranched alkanes of at least 4 members (excludes halogenated alkanes) is 6. The van der Waals surface area contributed by atoms with Gasteiger partial charge in [-0.25, -0.2) is 4.39 Å². The maximum absolute atomic E-state index is 13.4. The average Bonchev–Trinajstić information content (AvgIpc) is 2.40. The van der Waals surface area contributed by atoms with Crippen LogP contribution in [-0.4, -0.2) is 23.9 Å². The van der Waals surface area contributed by atoms with E-state index in [9.17, 15) is 9.18 Å². The van der Waals surface area contributed by atoms with Gasteiger partial charge in [0.1, 0.15) is 0 Å². The molecule has 0 saturated carbocycles. The largest absolute Gasteiger partial charge is 0.365 e. The number of rotatable bonds is 9. The molecule has 1 fully saturated rings. The van der Waals surface area contributed by atoms with Crippen molar-refractivity contribution >= 4 is 5.97 Å². The highest BCUT2D eigenvalue weighted by Crippen LogP contribution is 2.18. The first-order chi connectivity index (χ1) is 9.24. The van der Waals surface area contributed by atoms with Gasteiger partial charge in [-0.2, -0.15) is 0 Å². The first-order valence-corrected chi connectivity index (χ1v) is 7.85. The number of hydrogen-bond donors (Lipinski definition) is 0. The van der Waals surface area contributed by atoms with E-state index in [0.717, 1.165) is 25.7 Å². The summed E-state index contributed by atoms with van der Waals surface area (Å²) in [5.74, 6) is -0.280. The second kappa shape index (κ2) is 10.2. The molecule has 0 spiro atoms. The van der Waals surface area contributed by atoms with E-state index >= 15 is 0 Å². The molecular weight excluding hydrogens is 245 g/mol. The lowest BCUT2D eigenvalue weighted by molar-refractivity contribution is -0.226. The van der Waals surface area contributed by atoms with E-state index in [0.29, 0.717) is 19.4 Å². The molecule has 1 heterocycles. The Bertz CT molecular complexity index is 248. The number of nitrogens with zero attached hydrogens (tertiary/aromatic N) is 1. The molecule has 0 aliphatic carbocycles. The Morgan fingerprint density at radius 3 is 2.53 bits per heavy atom. The minimum absolute atomic E-state index is 0.280. The molecule has 1 rings (SSSR count). The van der Waals surface area contributed by atoms with Crippen molar-refractivity contribution < 1.29 is 14.0 Å². The van der Waals surface area contributed by atoms with Gasteiger partial charge in [0.2, 0.25) is 0 Å². The number of piperidine rings is 1. The van der Waals surface area contributed by atoms with Gasteiger partial charge in [-0.15, -0.1) is 5.06 Å². The minimum atomic E-state index is -1.10. The summed E-state index contributed by atoms with van der Waals surface area (Å²) in [6, 6.07) is 0. The van der Waals surface area contributed by atoms with Crippen molar-refractivity contribution in [3.05, 3.63) is 0 Å². The molecule has 3 nitrogen and oxygen atoms in total. The van der Waals surface area contributed by atoms with Gasteiger partial charge in [0.05, 0.1) is 0 Å². The summed E-state index contributed by atoms with van der Waals surface area (Å²) in [7, 11) is 0. The molecule has 1 unspecified atom stereocenters. The van der Waals surface area contributed by atoms with Crippen molar-refractivity contribution in [1.82, 2.24) is 5.06 Å². The molecule has 0 amide bonds. The highest BCUT2D eigenvalue weighted by atomic mass is 19.1. The monoisotopic (exact) mass is 273 g/mol. The lowest BCUT2D eigenvalue weighted by Crippen LogP contribution is -2.38. The molecule has 0 aromatic heterocycles. The van der Waals surface area contributed by atoms with E-state index in [-0.39, 0.29) is 5.97 Å². The molecule has 0 N–H and O–H groups in total. The quantitative estimate of drug-likeness (QED) is 0.461. The summed E-state index contributed by atoms with van der Waals surface area (Å²) in [5.41, 5.74) is 0. The van der Waals surface area contributed by atoms with Crippen LogP contribution in [0.25, 0.3) is 0 Å². The van der Waals surface area contributed by atoms with Gasteiger partial charge in [0.15, 0.2) is 6.30 Å². The maximum Gasteiger partial charge on any atom is 0.325 e. The van der Waals surface area contributed by atoms with Crippen LogP contribution >= 0.6 is 0 Å². The second-order valence-corrected chi connectivity index (χ2v) is 5.41. The van der Waals surface area contributed by atoms with Gasteiger partial charge >= 0.3 is 5.97 Å². The molecule has 0 aromatic carbocycles. The van der Waals surface area contributed by atoms with Crippen LogP contribution in [0.1, 0.15) is 77.6 Å². The number of halogens is 1. The predicted molar refractivity (Wildman–Crippen MR) is 74.2 cm³/mol. The summed E-state index contributed by atoms with van der Waals surface area (Å²) in [6.45, 7) is 2.73. The van der Waals surface area contributed by atoms with Gasteiger partial charge in [0, 0.05) is 13.0 Å². The molecule has 0 bridgehead atoms. The molecule has 19 heavy (non-hydrogen) atoms. The number of carbonyl (C=O) groups is 1. The number of alkyl halides is 1. The van der Waals surface area contributed by atoms with Crippen LogP contribution in [0, 0.1) is 0 Å². The Hall–Kier alpha value is -0.640. The van der Waals surface area contributed by atoms with E-state index in [1.54, 1.807) is 0 Å². The van der Waals surface area contributed by atoms with E-state index in [4.69, 9.17) is 4.84 Å². The summed E-state index contributed by atoms with van der Waals surface area (Å²) in [4.78, 5) is 16.6. The van der Waals surface area contributed by atoms with Gasteiger partial charge in [-0.05, 0) is 25.7 Å². The van der Waals surface area contributed by atoms with Gasteiger partial charge in [-0.3, -0.25) is 4.79 Å². The van der Waals surface area contributed by atoms with Gasteiger partial charge in [-0.1, -0.05) is 45.4 Å². The Morgan fingerprint density at radius 2 is 1.84 bits per heavy atom. The zero-order valence-corrected chi connectivity index (χ0v) is 12.2. The van der Waals surface area contributed by atoms with Gasteiger partial charge < -0.3 is 4.84 Å². The van der Waals surface area contributed by atoms with Crippen LogP contribution in [0.5, 0.6) is 0 Å². The SMILES string of the molecule is CCCCCCCCCC(=O)ON1CCCCC1F. The first-order valence-electron chi connectivity index (χ1n) is 7.85. The van der Waals surface area contributed by atoms with Crippen LogP contribution in [0.3, 0.4) is 0 Å². The van der Waals surface area contributed by atoms with Crippen molar-refractivity contribution in [3.63, 3.8) is 0 Å². The summed E-state index contributed by atoms with van der Waals surface area (Å²) in [5, 5.41) is 1.22. The maximum atomic E-state index is 13.4. The Balaban J connectivity index is 1.98. The third-order valence-corrected chi connectivity index (χ3v) is 3.59. The van der Waals surface area contributed by atoms with E-state index in [2.05, 4.69) is 6.92 Å². The standard InChI is InChI=1S/C15H28FNO2/c1-2-3-4-5-6-7-8-12-15(18)19-17-13-10-9-11-14(17)16/h14H,2-13H2,1H3. The van der Waals surface area contributed by atoms with Crippen LogP contribution < -0.4 is 0 Å². The molecule has 0 aromatic rings. The summed E-state index contributed by atoms with van der Waals surface area (Å²) in [6.07, 6.45) is 9.78. The van der Waals surface area contributed by atoms with Crippen LogP contribution in [0.2, 0.25) is 0 Å². The van der Waals surface area contributed by atoms with Crippen molar-refractivity contribution in [2.45, 2.75) is 83.8 Å². The summed E-state index contributed by atoms with van der Waals surface area (Å²) >= 11 is 0. The Labute approximate surface area is 116 Å². The zero-order valence-electron chi connectivity index (χ0n) is 12.2. The highest BCUT2D eigenvalue weighted by Gasteiger charge is 2.24. The predicted octanol–water partition coefficient (Wildman–Crippen LogP) is 4.37. The fourth-order valence-corrected chi connectivity index (χ4v) is 2.37. The molecule has 1 saturated heterocycles. The summed E-state index contributed by atoms with van der Waals surface area (Å²) < 4.78 is 13.4. The van der Waals surface area contributed by atoms with E-state index in [1.165, 1.54) is 37.2 Å². The van der Waals surface area contributed by atoms with E-state index in [1.807, 2.05) is 0 Å². The zero-order chi connectivity index (χ0) is 13.9. The third kappa shape index (κ3) is 7.51. The second-order valence-electron chi connectivity index (χ2n) is 5.41. The number of hydroxylamine groups is 2. The molecule has 1 aliphatic heterocycles. The topological polar surface area (TPSA) is 29.5 Å². The van der Waals surface area contributed by atoms with Crippen molar-refractivity contribution in [1.29, 1.82) is 0 Å². The lowest BCUT2D eigenvalue weighted by atomic mass is 10.1. The fraction of sp³-hybridized carbons (Fsp3) is 0.933. The third-order valence-electron chi connectivity index (χ3n) is 3.59. The Kier molecular flexibility index (Phi) is 8.80. The van der Waals surface area contributed by atoms with Crippen LogP contribution in [0.4, 0.5) is 4.39 Å². The van der Waals surface area contributed by atoms with Crippen LogP contribution in [-0.2, 0) is 9.63 Å². The van der Waals surface area contributed by atoms with Gasteiger partial charge in [0.25, 0.3) is 0 Å². The molecule has 0 radical (unpaired) electrons. The van der Waals surface area contributed by atoms with Crippen molar-refractivity contribution in [3.8, 4) is 0 Å². The molecular formula is C15H28FNO2. The molecule has 4 heteroatoms. The Morgan fingerprint density at radius 1 is 1.16 bits per heavy atom.